The van der Waals surface area contributed by atoms with E-state index in [0.29, 0.717) is 0 Å². The Morgan fingerprint density at radius 3 is 3.00 bits per heavy atom. The molecule has 0 bridgehead atoms. The summed E-state index contributed by atoms with van der Waals surface area (Å²) in [4.78, 5) is 4.06. The standard InChI is InChI=1S/C12H16N4/c1-3-12-10(9-16(2)15-12)7-14-11-5-4-6-13-8-11/h4-6,8-9,14H,3,7H2,1-2H3. The van der Waals surface area contributed by atoms with Crippen molar-refractivity contribution in [3.05, 3.63) is 42.0 Å². The first-order valence-corrected chi connectivity index (χ1v) is 5.45. The fourth-order valence-corrected chi connectivity index (χ4v) is 1.69. The molecule has 2 heterocycles. The van der Waals surface area contributed by atoms with E-state index in [-0.39, 0.29) is 0 Å². The molecule has 0 aliphatic carbocycles. The van der Waals surface area contributed by atoms with Gasteiger partial charge in [0.25, 0.3) is 0 Å². The van der Waals surface area contributed by atoms with Crippen molar-refractivity contribution in [3.63, 3.8) is 0 Å². The van der Waals surface area contributed by atoms with Crippen LogP contribution in [0.3, 0.4) is 0 Å². The Morgan fingerprint density at radius 2 is 2.31 bits per heavy atom. The molecule has 0 saturated heterocycles. The summed E-state index contributed by atoms with van der Waals surface area (Å²) in [7, 11) is 1.95. The molecule has 1 N–H and O–H groups in total. The largest absolute Gasteiger partial charge is 0.380 e. The Balaban J connectivity index is 2.04. The summed E-state index contributed by atoms with van der Waals surface area (Å²) in [5, 5.41) is 7.74. The van der Waals surface area contributed by atoms with E-state index in [2.05, 4.69) is 28.5 Å². The molecule has 0 fully saturated rings. The third-order valence-corrected chi connectivity index (χ3v) is 2.47. The van der Waals surface area contributed by atoms with Crippen LogP contribution in [0, 0.1) is 0 Å². The molecule has 0 aliphatic heterocycles. The van der Waals surface area contributed by atoms with Gasteiger partial charge in [0.15, 0.2) is 0 Å². The molecule has 0 spiro atoms. The van der Waals surface area contributed by atoms with Crippen molar-refractivity contribution in [2.45, 2.75) is 19.9 Å². The summed E-state index contributed by atoms with van der Waals surface area (Å²) in [6.07, 6.45) is 6.61. The third-order valence-electron chi connectivity index (χ3n) is 2.47. The zero-order chi connectivity index (χ0) is 11.4. The summed E-state index contributed by atoms with van der Waals surface area (Å²) in [5.41, 5.74) is 3.43. The highest BCUT2D eigenvalue weighted by atomic mass is 15.3. The molecule has 84 valence electrons. The Hall–Kier alpha value is -1.84. The van der Waals surface area contributed by atoms with Gasteiger partial charge in [-0.1, -0.05) is 6.92 Å². The minimum atomic E-state index is 0.794. The first-order chi connectivity index (χ1) is 7.79. The van der Waals surface area contributed by atoms with Crippen molar-refractivity contribution in [3.8, 4) is 0 Å². The lowest BCUT2D eigenvalue weighted by Gasteiger charge is -2.04. The number of nitrogens with zero attached hydrogens (tertiary/aromatic N) is 3. The topological polar surface area (TPSA) is 42.7 Å². The Kier molecular flexibility index (Phi) is 3.19. The molecule has 2 aromatic rings. The second-order valence-electron chi connectivity index (χ2n) is 3.72. The molecule has 0 saturated carbocycles. The highest BCUT2D eigenvalue weighted by molar-refractivity contribution is 5.40. The van der Waals surface area contributed by atoms with Gasteiger partial charge in [-0.05, 0) is 18.6 Å². The van der Waals surface area contributed by atoms with Crippen LogP contribution in [0.15, 0.2) is 30.7 Å². The Bertz CT molecular complexity index is 447. The van der Waals surface area contributed by atoms with E-state index in [1.54, 1.807) is 6.20 Å². The van der Waals surface area contributed by atoms with Crippen molar-refractivity contribution >= 4 is 5.69 Å². The lowest BCUT2D eigenvalue weighted by Crippen LogP contribution is -2.01. The number of pyridine rings is 1. The number of rotatable bonds is 4. The SMILES string of the molecule is CCc1nn(C)cc1CNc1cccnc1. The molecular weight excluding hydrogens is 200 g/mol. The van der Waals surface area contributed by atoms with Crippen molar-refractivity contribution in [2.75, 3.05) is 5.32 Å². The molecule has 0 amide bonds. The summed E-state index contributed by atoms with van der Waals surface area (Å²) in [6, 6.07) is 3.93. The monoisotopic (exact) mass is 216 g/mol. The second kappa shape index (κ2) is 4.79. The van der Waals surface area contributed by atoms with Gasteiger partial charge in [0.05, 0.1) is 11.4 Å². The summed E-state index contributed by atoms with van der Waals surface area (Å²) < 4.78 is 1.86. The predicted octanol–water partition coefficient (Wildman–Crippen LogP) is 1.99. The molecular formula is C12H16N4. The molecule has 16 heavy (non-hydrogen) atoms. The summed E-state index contributed by atoms with van der Waals surface area (Å²) in [6.45, 7) is 2.92. The molecule has 0 aromatic carbocycles. The first-order valence-electron chi connectivity index (χ1n) is 5.45. The highest BCUT2D eigenvalue weighted by Gasteiger charge is 2.04. The number of aromatic nitrogens is 3. The van der Waals surface area contributed by atoms with Crippen LogP contribution in [-0.2, 0) is 20.0 Å². The van der Waals surface area contributed by atoms with Gasteiger partial charge in [0, 0.05) is 37.7 Å². The van der Waals surface area contributed by atoms with Crippen LogP contribution < -0.4 is 5.32 Å². The van der Waals surface area contributed by atoms with Gasteiger partial charge >= 0.3 is 0 Å². The van der Waals surface area contributed by atoms with Crippen molar-refractivity contribution in [1.82, 2.24) is 14.8 Å². The molecule has 0 atom stereocenters. The van der Waals surface area contributed by atoms with E-state index in [9.17, 15) is 0 Å². The lowest BCUT2D eigenvalue weighted by atomic mass is 10.2. The highest BCUT2D eigenvalue weighted by Crippen LogP contribution is 2.10. The molecule has 2 aromatic heterocycles. The first kappa shape index (κ1) is 10.7. The maximum atomic E-state index is 4.40. The zero-order valence-corrected chi connectivity index (χ0v) is 9.64. The average Bonchev–Trinajstić information content (AvgIpc) is 2.68. The quantitative estimate of drug-likeness (QED) is 0.850. The van der Waals surface area contributed by atoms with E-state index in [0.717, 1.165) is 24.3 Å². The zero-order valence-electron chi connectivity index (χ0n) is 9.64. The van der Waals surface area contributed by atoms with Gasteiger partial charge in [-0.15, -0.1) is 0 Å². The number of hydrogen-bond donors (Lipinski definition) is 1. The third kappa shape index (κ3) is 2.39. The fraction of sp³-hybridized carbons (Fsp3) is 0.333. The van der Waals surface area contributed by atoms with Gasteiger partial charge in [0.1, 0.15) is 0 Å². The van der Waals surface area contributed by atoms with Gasteiger partial charge in [-0.3, -0.25) is 9.67 Å². The lowest BCUT2D eigenvalue weighted by molar-refractivity contribution is 0.746. The predicted molar refractivity (Wildman–Crippen MR) is 64.1 cm³/mol. The van der Waals surface area contributed by atoms with E-state index in [1.807, 2.05) is 30.1 Å². The maximum Gasteiger partial charge on any atom is 0.0671 e. The Labute approximate surface area is 95.3 Å². The normalized spacial score (nSPS) is 10.4. The molecule has 2 rings (SSSR count). The van der Waals surface area contributed by atoms with Gasteiger partial charge in [-0.25, -0.2) is 0 Å². The Morgan fingerprint density at radius 1 is 1.44 bits per heavy atom. The van der Waals surface area contributed by atoms with Crippen LogP contribution in [0.2, 0.25) is 0 Å². The van der Waals surface area contributed by atoms with Crippen LogP contribution in [0.1, 0.15) is 18.2 Å². The second-order valence-corrected chi connectivity index (χ2v) is 3.72. The minimum absolute atomic E-state index is 0.794. The molecule has 4 nitrogen and oxygen atoms in total. The van der Waals surface area contributed by atoms with Crippen molar-refractivity contribution < 1.29 is 0 Å². The average molecular weight is 216 g/mol. The van der Waals surface area contributed by atoms with Gasteiger partial charge < -0.3 is 5.32 Å². The van der Waals surface area contributed by atoms with Crippen LogP contribution in [0.25, 0.3) is 0 Å². The van der Waals surface area contributed by atoms with Gasteiger partial charge in [-0.2, -0.15) is 5.10 Å². The molecule has 0 unspecified atom stereocenters. The number of aryl methyl sites for hydroxylation is 2. The minimum Gasteiger partial charge on any atom is -0.380 e. The van der Waals surface area contributed by atoms with Crippen LogP contribution in [0.5, 0.6) is 0 Å². The number of nitrogens with one attached hydrogen (secondary N) is 1. The van der Waals surface area contributed by atoms with Gasteiger partial charge in [0.2, 0.25) is 0 Å². The van der Waals surface area contributed by atoms with Crippen LogP contribution in [0.4, 0.5) is 5.69 Å². The number of anilines is 1. The fourth-order valence-electron chi connectivity index (χ4n) is 1.69. The van der Waals surface area contributed by atoms with Crippen LogP contribution >= 0.6 is 0 Å². The van der Waals surface area contributed by atoms with E-state index in [4.69, 9.17) is 0 Å². The number of hydrogen-bond acceptors (Lipinski definition) is 3. The van der Waals surface area contributed by atoms with Crippen molar-refractivity contribution in [2.24, 2.45) is 7.05 Å². The van der Waals surface area contributed by atoms with E-state index in [1.165, 1.54) is 5.56 Å². The van der Waals surface area contributed by atoms with E-state index >= 15 is 0 Å². The maximum absolute atomic E-state index is 4.40. The van der Waals surface area contributed by atoms with Crippen molar-refractivity contribution in [1.29, 1.82) is 0 Å². The summed E-state index contributed by atoms with van der Waals surface area (Å²) in [5.74, 6) is 0. The molecule has 0 aliphatic rings. The van der Waals surface area contributed by atoms with Crippen LogP contribution in [-0.4, -0.2) is 14.8 Å². The molecule has 0 radical (unpaired) electrons. The van der Waals surface area contributed by atoms with E-state index < -0.39 is 0 Å². The smallest absolute Gasteiger partial charge is 0.0671 e. The summed E-state index contributed by atoms with van der Waals surface area (Å²) >= 11 is 0. The molecule has 4 heteroatoms.